The Kier molecular flexibility index (Phi) is 5.79. The van der Waals surface area contributed by atoms with Crippen molar-refractivity contribution in [3.05, 3.63) is 53.7 Å². The van der Waals surface area contributed by atoms with Gasteiger partial charge in [0.2, 0.25) is 0 Å². The zero-order valence-corrected chi connectivity index (χ0v) is 15.9. The molecule has 0 spiro atoms. The molecule has 0 atom stereocenters. The number of pyridine rings is 1. The summed E-state index contributed by atoms with van der Waals surface area (Å²) in [4.78, 5) is 19.7. The Morgan fingerprint density at radius 1 is 1.04 bits per heavy atom. The molecular formula is C22H26N2O3. The predicted octanol–water partition coefficient (Wildman–Crippen LogP) is 4.65. The van der Waals surface area contributed by atoms with Gasteiger partial charge >= 0.3 is 0 Å². The molecule has 142 valence electrons. The number of phenols is 2. The molecule has 1 heterocycles. The topological polar surface area (TPSA) is 73.7 Å². The van der Waals surface area contributed by atoms with Crippen LogP contribution in [-0.2, 0) is 4.79 Å². The zero-order chi connectivity index (χ0) is 19.4. The number of benzene rings is 1. The third-order valence-corrected chi connectivity index (χ3v) is 5.35. The fourth-order valence-electron chi connectivity index (χ4n) is 3.61. The van der Waals surface area contributed by atoms with Gasteiger partial charge in [-0.1, -0.05) is 31.4 Å². The number of phenolic OH excluding ortho intramolecular Hbond substituents is 2. The highest BCUT2D eigenvalue weighted by molar-refractivity contribution is 6.09. The molecule has 0 unspecified atom stereocenters. The van der Waals surface area contributed by atoms with Crippen molar-refractivity contribution in [2.75, 3.05) is 4.90 Å². The first kappa shape index (κ1) is 19.0. The molecule has 1 aliphatic rings. The second-order valence-electron chi connectivity index (χ2n) is 7.11. The number of allylic oxidation sites excluding steroid dienone is 1. The van der Waals surface area contributed by atoms with Gasteiger partial charge < -0.3 is 10.2 Å². The van der Waals surface area contributed by atoms with Crippen LogP contribution in [0.4, 0.5) is 5.82 Å². The summed E-state index contributed by atoms with van der Waals surface area (Å²) in [6.45, 7) is 3.66. The number of hydrogen-bond donors (Lipinski definition) is 2. The van der Waals surface area contributed by atoms with Gasteiger partial charge in [0.15, 0.2) is 11.5 Å². The first-order valence-electron chi connectivity index (χ1n) is 9.43. The summed E-state index contributed by atoms with van der Waals surface area (Å²) in [5, 5.41) is 19.3. The van der Waals surface area contributed by atoms with Crippen molar-refractivity contribution in [2.45, 2.75) is 52.0 Å². The Bertz CT molecular complexity index is 840. The minimum atomic E-state index is -0.194. The van der Waals surface area contributed by atoms with E-state index in [-0.39, 0.29) is 23.4 Å². The molecule has 1 aliphatic carbocycles. The molecule has 0 bridgehead atoms. The van der Waals surface area contributed by atoms with Crippen LogP contribution in [0.1, 0.15) is 51.5 Å². The van der Waals surface area contributed by atoms with Gasteiger partial charge in [0.25, 0.3) is 5.91 Å². The first-order valence-corrected chi connectivity index (χ1v) is 9.43. The molecule has 1 aromatic carbocycles. The molecule has 0 saturated heterocycles. The van der Waals surface area contributed by atoms with Gasteiger partial charge in [-0.3, -0.25) is 9.69 Å². The van der Waals surface area contributed by atoms with Crippen molar-refractivity contribution in [1.29, 1.82) is 0 Å². The quantitative estimate of drug-likeness (QED) is 0.610. The number of carbonyl (C=O) groups excluding carboxylic acids is 1. The number of amides is 1. The second kappa shape index (κ2) is 8.25. The van der Waals surface area contributed by atoms with Gasteiger partial charge in [0.1, 0.15) is 5.82 Å². The Labute approximate surface area is 160 Å². The van der Waals surface area contributed by atoms with Gasteiger partial charge in [0.05, 0.1) is 0 Å². The van der Waals surface area contributed by atoms with Crippen LogP contribution in [0.5, 0.6) is 11.5 Å². The van der Waals surface area contributed by atoms with Crippen LogP contribution >= 0.6 is 0 Å². The lowest BCUT2D eigenvalue weighted by Crippen LogP contribution is -2.42. The molecule has 0 radical (unpaired) electrons. The van der Waals surface area contributed by atoms with Gasteiger partial charge in [-0.2, -0.15) is 0 Å². The molecule has 0 aliphatic heterocycles. The molecule has 1 fully saturated rings. The molecule has 1 amide bonds. The molecule has 1 saturated carbocycles. The molecule has 3 rings (SSSR count). The van der Waals surface area contributed by atoms with Crippen molar-refractivity contribution in [3.8, 4) is 11.5 Å². The second-order valence-corrected chi connectivity index (χ2v) is 7.11. The van der Waals surface area contributed by atoms with Gasteiger partial charge in [-0.25, -0.2) is 4.98 Å². The van der Waals surface area contributed by atoms with Gasteiger partial charge in [-0.15, -0.1) is 0 Å². The van der Waals surface area contributed by atoms with E-state index in [1.54, 1.807) is 19.2 Å². The van der Waals surface area contributed by atoms with E-state index in [1.807, 2.05) is 30.0 Å². The molecule has 2 aromatic rings. The van der Waals surface area contributed by atoms with E-state index in [9.17, 15) is 15.0 Å². The number of anilines is 1. The van der Waals surface area contributed by atoms with Crippen LogP contribution in [0.2, 0.25) is 0 Å². The average Bonchev–Trinajstić information content (AvgIpc) is 2.70. The standard InChI is InChI=1S/C22H26N2O3/c1-15(17-11-12-19(25)20(26)14-17)16(2)22(27)24(18-8-4-3-5-9-18)21-10-6-7-13-23-21/h6-7,10-14,18,25-26H,3-5,8-9H2,1-2H3/b16-15-. The summed E-state index contributed by atoms with van der Waals surface area (Å²) in [5.74, 6) is 0.245. The largest absolute Gasteiger partial charge is 0.504 e. The van der Waals surface area contributed by atoms with Crippen LogP contribution in [0.25, 0.3) is 5.57 Å². The normalized spacial score (nSPS) is 15.9. The highest BCUT2D eigenvalue weighted by atomic mass is 16.3. The minimum Gasteiger partial charge on any atom is -0.504 e. The SMILES string of the molecule is C/C(C(=O)N(c1ccccn1)C1CCCCC1)=C(\C)c1ccc(O)c(O)c1. The number of aromatic hydroxyl groups is 2. The maximum atomic E-state index is 13.4. The smallest absolute Gasteiger partial charge is 0.255 e. The molecule has 1 aromatic heterocycles. The summed E-state index contributed by atoms with van der Waals surface area (Å²) in [6.07, 6.45) is 7.12. The van der Waals surface area contributed by atoms with Crippen LogP contribution in [0.15, 0.2) is 48.2 Å². The Morgan fingerprint density at radius 2 is 1.78 bits per heavy atom. The van der Waals surface area contributed by atoms with E-state index in [4.69, 9.17) is 0 Å². The highest BCUT2D eigenvalue weighted by Crippen LogP contribution is 2.32. The number of rotatable bonds is 4. The molecular weight excluding hydrogens is 340 g/mol. The highest BCUT2D eigenvalue weighted by Gasteiger charge is 2.29. The van der Waals surface area contributed by atoms with E-state index in [2.05, 4.69) is 4.98 Å². The first-order chi connectivity index (χ1) is 13.0. The minimum absolute atomic E-state index is 0.0642. The van der Waals surface area contributed by atoms with Crippen LogP contribution in [-0.4, -0.2) is 27.1 Å². The fourth-order valence-corrected chi connectivity index (χ4v) is 3.61. The van der Waals surface area contributed by atoms with Gasteiger partial charge in [-0.05, 0) is 62.1 Å². The predicted molar refractivity (Wildman–Crippen MR) is 107 cm³/mol. The van der Waals surface area contributed by atoms with Crippen molar-refractivity contribution < 1.29 is 15.0 Å². The number of carbonyl (C=O) groups is 1. The lowest BCUT2D eigenvalue weighted by Gasteiger charge is -2.34. The molecule has 5 nitrogen and oxygen atoms in total. The number of hydrogen-bond acceptors (Lipinski definition) is 4. The number of nitrogens with zero attached hydrogens (tertiary/aromatic N) is 2. The summed E-state index contributed by atoms with van der Waals surface area (Å²) < 4.78 is 0. The fraction of sp³-hybridized carbons (Fsp3) is 0.364. The van der Waals surface area contributed by atoms with E-state index in [0.717, 1.165) is 31.3 Å². The van der Waals surface area contributed by atoms with E-state index >= 15 is 0 Å². The van der Waals surface area contributed by atoms with E-state index in [0.29, 0.717) is 17.0 Å². The van der Waals surface area contributed by atoms with E-state index in [1.165, 1.54) is 18.6 Å². The summed E-state index contributed by atoms with van der Waals surface area (Å²) in [5.41, 5.74) is 2.09. The van der Waals surface area contributed by atoms with Crippen LogP contribution in [0, 0.1) is 0 Å². The monoisotopic (exact) mass is 366 g/mol. The Morgan fingerprint density at radius 3 is 2.41 bits per heavy atom. The van der Waals surface area contributed by atoms with Crippen molar-refractivity contribution in [3.63, 3.8) is 0 Å². The Hall–Kier alpha value is -2.82. The number of aromatic nitrogens is 1. The third-order valence-electron chi connectivity index (χ3n) is 5.35. The molecule has 5 heteroatoms. The van der Waals surface area contributed by atoms with E-state index < -0.39 is 0 Å². The Balaban J connectivity index is 1.98. The van der Waals surface area contributed by atoms with Gasteiger partial charge in [0, 0.05) is 17.8 Å². The van der Waals surface area contributed by atoms with Crippen LogP contribution < -0.4 is 4.90 Å². The average molecular weight is 366 g/mol. The van der Waals surface area contributed by atoms with Crippen molar-refractivity contribution in [2.24, 2.45) is 0 Å². The maximum Gasteiger partial charge on any atom is 0.255 e. The third kappa shape index (κ3) is 4.13. The summed E-state index contributed by atoms with van der Waals surface area (Å²) in [7, 11) is 0. The maximum absolute atomic E-state index is 13.4. The van der Waals surface area contributed by atoms with Crippen molar-refractivity contribution >= 4 is 17.3 Å². The molecule has 2 N–H and O–H groups in total. The molecule has 27 heavy (non-hydrogen) atoms. The zero-order valence-electron chi connectivity index (χ0n) is 15.9. The van der Waals surface area contributed by atoms with Crippen molar-refractivity contribution in [1.82, 2.24) is 4.98 Å². The van der Waals surface area contributed by atoms with Crippen LogP contribution in [0.3, 0.4) is 0 Å². The summed E-state index contributed by atoms with van der Waals surface area (Å²) in [6, 6.07) is 10.4. The summed E-state index contributed by atoms with van der Waals surface area (Å²) >= 11 is 0. The lowest BCUT2D eigenvalue weighted by atomic mass is 9.93. The lowest BCUT2D eigenvalue weighted by molar-refractivity contribution is -0.115.